The van der Waals surface area contributed by atoms with Gasteiger partial charge in [-0.3, -0.25) is 0 Å². The third-order valence-electron chi connectivity index (χ3n) is 2.82. The molecule has 0 radical (unpaired) electrons. The van der Waals surface area contributed by atoms with Gasteiger partial charge in [0.2, 0.25) is 0 Å². The summed E-state index contributed by atoms with van der Waals surface area (Å²) in [7, 11) is 0. The van der Waals surface area contributed by atoms with Crippen molar-refractivity contribution in [3.05, 3.63) is 29.6 Å². The van der Waals surface area contributed by atoms with Crippen LogP contribution in [0.5, 0.6) is 0 Å². The molecule has 0 spiro atoms. The molecule has 0 atom stereocenters. The summed E-state index contributed by atoms with van der Waals surface area (Å²) in [4.78, 5) is 7.71. The van der Waals surface area contributed by atoms with Gasteiger partial charge >= 0.3 is 0 Å². The van der Waals surface area contributed by atoms with Crippen molar-refractivity contribution in [1.82, 2.24) is 9.97 Å². The number of aromatic amines is 1. The normalized spacial score (nSPS) is 12.2. The van der Waals surface area contributed by atoms with Crippen molar-refractivity contribution >= 4 is 11.0 Å². The van der Waals surface area contributed by atoms with Crippen molar-refractivity contribution < 1.29 is 5.11 Å². The molecule has 4 nitrogen and oxygen atoms in total. The van der Waals surface area contributed by atoms with Crippen LogP contribution in [0, 0.1) is 0 Å². The summed E-state index contributed by atoms with van der Waals surface area (Å²) < 4.78 is 0. The summed E-state index contributed by atoms with van der Waals surface area (Å²) in [6, 6.07) is 5.92. The monoisotopic (exact) mass is 219 g/mol. The van der Waals surface area contributed by atoms with E-state index in [-0.39, 0.29) is 12.0 Å². The summed E-state index contributed by atoms with van der Waals surface area (Å²) in [5.74, 6) is 0.805. The zero-order chi connectivity index (χ0) is 11.8. The van der Waals surface area contributed by atoms with Gasteiger partial charge in [0.1, 0.15) is 5.82 Å². The van der Waals surface area contributed by atoms with Gasteiger partial charge in [-0.05, 0) is 17.7 Å². The highest BCUT2D eigenvalue weighted by atomic mass is 16.3. The average Bonchev–Trinajstić information content (AvgIpc) is 2.72. The predicted octanol–water partition coefficient (Wildman–Crippen LogP) is 1.29. The lowest BCUT2D eigenvalue weighted by Crippen LogP contribution is -2.23. The maximum Gasteiger partial charge on any atom is 0.115 e. The highest BCUT2D eigenvalue weighted by molar-refractivity contribution is 5.76. The van der Waals surface area contributed by atoms with E-state index in [0.29, 0.717) is 6.54 Å². The first kappa shape index (κ1) is 11.1. The molecule has 0 unspecified atom stereocenters. The standard InChI is InChI=1S/C12H17N3O/c1-12(2,7-16)11-14-9-4-3-8(6-13)5-10(9)15-11/h3-5,16H,6-7,13H2,1-2H3,(H,14,15). The molecule has 0 saturated carbocycles. The Bertz CT molecular complexity index is 502. The molecular formula is C12H17N3O. The molecule has 0 saturated heterocycles. The molecule has 0 amide bonds. The highest BCUT2D eigenvalue weighted by Gasteiger charge is 2.23. The molecule has 16 heavy (non-hydrogen) atoms. The first-order valence-electron chi connectivity index (χ1n) is 5.37. The molecule has 0 bridgehead atoms. The van der Waals surface area contributed by atoms with Crippen LogP contribution in [0.4, 0.5) is 0 Å². The van der Waals surface area contributed by atoms with Crippen LogP contribution in [-0.4, -0.2) is 21.7 Å². The van der Waals surface area contributed by atoms with Crippen LogP contribution in [-0.2, 0) is 12.0 Å². The van der Waals surface area contributed by atoms with Crippen molar-refractivity contribution in [2.45, 2.75) is 25.8 Å². The average molecular weight is 219 g/mol. The van der Waals surface area contributed by atoms with Crippen LogP contribution in [0.1, 0.15) is 25.2 Å². The van der Waals surface area contributed by atoms with E-state index in [1.54, 1.807) is 0 Å². The second kappa shape index (κ2) is 3.88. The molecule has 2 aromatic rings. The molecule has 4 heteroatoms. The number of aliphatic hydroxyl groups is 1. The molecule has 0 aliphatic heterocycles. The third kappa shape index (κ3) is 1.81. The van der Waals surface area contributed by atoms with E-state index in [2.05, 4.69) is 9.97 Å². The number of fused-ring (bicyclic) bond motifs is 1. The van der Waals surface area contributed by atoms with Crippen molar-refractivity contribution in [2.75, 3.05) is 6.61 Å². The molecule has 86 valence electrons. The van der Waals surface area contributed by atoms with Crippen LogP contribution in [0.2, 0.25) is 0 Å². The van der Waals surface area contributed by atoms with Crippen molar-refractivity contribution in [1.29, 1.82) is 0 Å². The lowest BCUT2D eigenvalue weighted by Gasteiger charge is -2.17. The first-order chi connectivity index (χ1) is 7.56. The van der Waals surface area contributed by atoms with E-state index in [0.717, 1.165) is 22.4 Å². The Morgan fingerprint density at radius 3 is 2.81 bits per heavy atom. The van der Waals surface area contributed by atoms with Gasteiger partial charge in [-0.25, -0.2) is 4.98 Å². The predicted molar refractivity (Wildman–Crippen MR) is 64.1 cm³/mol. The minimum absolute atomic E-state index is 0.0660. The second-order valence-corrected chi connectivity index (χ2v) is 4.68. The van der Waals surface area contributed by atoms with E-state index in [9.17, 15) is 5.11 Å². The quantitative estimate of drug-likeness (QED) is 0.728. The fraction of sp³-hybridized carbons (Fsp3) is 0.417. The lowest BCUT2D eigenvalue weighted by molar-refractivity contribution is 0.213. The maximum atomic E-state index is 9.29. The van der Waals surface area contributed by atoms with Crippen molar-refractivity contribution in [2.24, 2.45) is 5.73 Å². The van der Waals surface area contributed by atoms with Crippen molar-refractivity contribution in [3.63, 3.8) is 0 Å². The summed E-state index contributed by atoms with van der Waals surface area (Å²) in [6.07, 6.45) is 0. The van der Waals surface area contributed by atoms with E-state index in [4.69, 9.17) is 5.73 Å². The number of hydrogen-bond acceptors (Lipinski definition) is 3. The third-order valence-corrected chi connectivity index (χ3v) is 2.82. The number of imidazole rings is 1. The number of H-pyrrole nitrogens is 1. The van der Waals surface area contributed by atoms with Crippen LogP contribution >= 0.6 is 0 Å². The van der Waals surface area contributed by atoms with Crippen LogP contribution in [0.3, 0.4) is 0 Å². The Hall–Kier alpha value is -1.39. The Balaban J connectivity index is 2.52. The largest absolute Gasteiger partial charge is 0.395 e. The SMILES string of the molecule is CC(C)(CO)c1nc2ccc(CN)cc2[nH]1. The molecule has 0 aliphatic rings. The Kier molecular flexibility index (Phi) is 2.69. The summed E-state index contributed by atoms with van der Waals surface area (Å²) in [6.45, 7) is 4.49. The lowest BCUT2D eigenvalue weighted by atomic mass is 9.94. The van der Waals surface area contributed by atoms with E-state index >= 15 is 0 Å². The summed E-state index contributed by atoms with van der Waals surface area (Å²) in [5.41, 5.74) is 8.20. The Labute approximate surface area is 94.5 Å². The number of aliphatic hydroxyl groups excluding tert-OH is 1. The Morgan fingerprint density at radius 2 is 2.19 bits per heavy atom. The maximum absolute atomic E-state index is 9.29. The molecular weight excluding hydrogens is 202 g/mol. The van der Waals surface area contributed by atoms with E-state index in [1.807, 2.05) is 32.0 Å². The van der Waals surface area contributed by atoms with Crippen molar-refractivity contribution in [3.8, 4) is 0 Å². The number of benzene rings is 1. The van der Waals surface area contributed by atoms with Gasteiger partial charge < -0.3 is 15.8 Å². The van der Waals surface area contributed by atoms with E-state index < -0.39 is 0 Å². The van der Waals surface area contributed by atoms with E-state index in [1.165, 1.54) is 0 Å². The van der Waals surface area contributed by atoms with Gasteiger partial charge in [0.05, 0.1) is 17.6 Å². The number of nitrogens with one attached hydrogen (secondary N) is 1. The topological polar surface area (TPSA) is 74.9 Å². The fourth-order valence-electron chi connectivity index (χ4n) is 1.58. The molecule has 1 aromatic heterocycles. The molecule has 1 aromatic carbocycles. The Morgan fingerprint density at radius 1 is 1.44 bits per heavy atom. The highest BCUT2D eigenvalue weighted by Crippen LogP contribution is 2.23. The first-order valence-corrected chi connectivity index (χ1v) is 5.37. The second-order valence-electron chi connectivity index (χ2n) is 4.68. The van der Waals surface area contributed by atoms with Crippen LogP contribution in [0.25, 0.3) is 11.0 Å². The minimum atomic E-state index is -0.345. The number of nitrogens with zero attached hydrogens (tertiary/aromatic N) is 1. The summed E-state index contributed by atoms with van der Waals surface area (Å²) >= 11 is 0. The minimum Gasteiger partial charge on any atom is -0.395 e. The van der Waals surface area contributed by atoms with Crippen LogP contribution < -0.4 is 5.73 Å². The van der Waals surface area contributed by atoms with Gasteiger partial charge in [0.15, 0.2) is 0 Å². The van der Waals surface area contributed by atoms with Crippen LogP contribution in [0.15, 0.2) is 18.2 Å². The van der Waals surface area contributed by atoms with Gasteiger partial charge in [-0.1, -0.05) is 19.9 Å². The van der Waals surface area contributed by atoms with Gasteiger partial charge in [-0.15, -0.1) is 0 Å². The molecule has 4 N–H and O–H groups in total. The number of rotatable bonds is 3. The molecule has 0 aliphatic carbocycles. The fourth-order valence-corrected chi connectivity index (χ4v) is 1.58. The smallest absolute Gasteiger partial charge is 0.115 e. The van der Waals surface area contributed by atoms with Gasteiger partial charge in [-0.2, -0.15) is 0 Å². The number of nitrogens with two attached hydrogens (primary N) is 1. The molecule has 0 fully saturated rings. The van der Waals surface area contributed by atoms with Gasteiger partial charge in [0.25, 0.3) is 0 Å². The zero-order valence-corrected chi connectivity index (χ0v) is 9.62. The number of aromatic nitrogens is 2. The molecule has 1 heterocycles. The summed E-state index contributed by atoms with van der Waals surface area (Å²) in [5, 5.41) is 9.29. The molecule has 2 rings (SSSR count). The number of hydrogen-bond donors (Lipinski definition) is 3. The zero-order valence-electron chi connectivity index (χ0n) is 9.62. The van der Waals surface area contributed by atoms with Gasteiger partial charge in [0, 0.05) is 12.0 Å².